The highest BCUT2D eigenvalue weighted by Crippen LogP contribution is 2.33. The molecule has 1 aliphatic heterocycles. The summed E-state index contributed by atoms with van der Waals surface area (Å²) in [5.41, 5.74) is 1.70. The first-order chi connectivity index (χ1) is 7.66. The molecule has 0 saturated carbocycles. The van der Waals surface area contributed by atoms with E-state index in [0.29, 0.717) is 13.2 Å². The fraction of sp³-hybridized carbons (Fsp3) is 0.364. The van der Waals surface area contributed by atoms with Crippen LogP contribution in [0.3, 0.4) is 0 Å². The third-order valence-corrected chi connectivity index (χ3v) is 3.26. The van der Waals surface area contributed by atoms with Crippen LogP contribution in [0, 0.1) is 0 Å². The highest BCUT2D eigenvalue weighted by Gasteiger charge is 2.36. The van der Waals surface area contributed by atoms with E-state index in [2.05, 4.69) is 25.9 Å². The Morgan fingerprint density at radius 2 is 2.31 bits per heavy atom. The number of fused-ring (bicyclic) bond motifs is 1. The maximum absolute atomic E-state index is 5.93. The summed E-state index contributed by atoms with van der Waals surface area (Å²) in [4.78, 5) is 7.25. The number of aromatic amines is 1. The average molecular weight is 283 g/mol. The van der Waals surface area contributed by atoms with Gasteiger partial charge in [0.15, 0.2) is 5.60 Å². The van der Waals surface area contributed by atoms with Gasteiger partial charge < -0.3 is 14.5 Å². The number of imidazole rings is 1. The molecule has 1 N–H and O–H groups in total. The van der Waals surface area contributed by atoms with E-state index in [1.807, 2.05) is 19.1 Å². The van der Waals surface area contributed by atoms with Crippen molar-refractivity contribution in [1.82, 2.24) is 9.97 Å². The van der Waals surface area contributed by atoms with Gasteiger partial charge in [0.2, 0.25) is 0 Å². The van der Waals surface area contributed by atoms with Crippen LogP contribution in [0.1, 0.15) is 6.92 Å². The van der Waals surface area contributed by atoms with Crippen LogP contribution in [-0.2, 0) is 4.74 Å². The van der Waals surface area contributed by atoms with E-state index in [1.165, 1.54) is 0 Å². The van der Waals surface area contributed by atoms with Crippen molar-refractivity contribution in [1.29, 1.82) is 0 Å². The fourth-order valence-corrected chi connectivity index (χ4v) is 2.14. The van der Waals surface area contributed by atoms with Gasteiger partial charge in [-0.2, -0.15) is 0 Å². The minimum absolute atomic E-state index is 0.198. The highest BCUT2D eigenvalue weighted by molar-refractivity contribution is 9.10. The van der Waals surface area contributed by atoms with Gasteiger partial charge in [-0.3, -0.25) is 0 Å². The van der Waals surface area contributed by atoms with E-state index in [0.717, 1.165) is 21.3 Å². The summed E-state index contributed by atoms with van der Waals surface area (Å²) < 4.78 is 12.0. The van der Waals surface area contributed by atoms with Crippen molar-refractivity contribution < 1.29 is 9.47 Å². The number of benzene rings is 1. The zero-order valence-corrected chi connectivity index (χ0v) is 10.4. The lowest BCUT2D eigenvalue weighted by Gasteiger charge is -2.38. The molecular weight excluding hydrogens is 272 g/mol. The number of ether oxygens (including phenoxy) is 2. The molecule has 16 heavy (non-hydrogen) atoms. The summed E-state index contributed by atoms with van der Waals surface area (Å²) in [6.07, 6.45) is 1.68. The first-order valence-corrected chi connectivity index (χ1v) is 5.85. The van der Waals surface area contributed by atoms with E-state index in [4.69, 9.17) is 9.47 Å². The molecule has 5 heteroatoms. The quantitative estimate of drug-likeness (QED) is 0.921. The average Bonchev–Trinajstić information content (AvgIpc) is 2.63. The van der Waals surface area contributed by atoms with Crippen LogP contribution < -0.4 is 4.74 Å². The lowest BCUT2D eigenvalue weighted by Crippen LogP contribution is -2.51. The molecule has 0 unspecified atom stereocenters. The Kier molecular flexibility index (Phi) is 2.19. The maximum Gasteiger partial charge on any atom is 0.153 e. The van der Waals surface area contributed by atoms with Crippen LogP contribution in [0.4, 0.5) is 0 Å². The Labute approximate surface area is 101 Å². The largest absolute Gasteiger partial charge is 0.481 e. The monoisotopic (exact) mass is 282 g/mol. The van der Waals surface area contributed by atoms with Gasteiger partial charge in [-0.25, -0.2) is 4.98 Å². The number of nitrogens with one attached hydrogen (secondary N) is 1. The minimum atomic E-state index is -0.198. The molecule has 0 bridgehead atoms. The molecule has 0 radical (unpaired) electrons. The molecule has 4 nitrogen and oxygen atoms in total. The molecule has 3 rings (SSSR count). The first kappa shape index (κ1) is 10.1. The smallest absolute Gasteiger partial charge is 0.153 e. The molecule has 2 heterocycles. The normalized spacial score (nSPS) is 18.4. The van der Waals surface area contributed by atoms with E-state index in [9.17, 15) is 0 Å². The molecule has 0 aliphatic carbocycles. The molecule has 84 valence electrons. The summed E-state index contributed by atoms with van der Waals surface area (Å²) in [5.74, 6) is 0.822. The minimum Gasteiger partial charge on any atom is -0.481 e. The zero-order valence-electron chi connectivity index (χ0n) is 8.79. The lowest BCUT2D eigenvalue weighted by molar-refractivity contribution is -0.150. The summed E-state index contributed by atoms with van der Waals surface area (Å²) in [6.45, 7) is 3.32. The number of rotatable bonds is 2. The van der Waals surface area contributed by atoms with E-state index in [1.54, 1.807) is 6.33 Å². The lowest BCUT2D eigenvalue weighted by atomic mass is 10.1. The Morgan fingerprint density at radius 3 is 3.00 bits per heavy atom. The highest BCUT2D eigenvalue weighted by atomic mass is 79.9. The van der Waals surface area contributed by atoms with Crippen LogP contribution in [0.25, 0.3) is 11.0 Å². The summed E-state index contributed by atoms with van der Waals surface area (Å²) in [6, 6.07) is 3.90. The predicted molar refractivity (Wildman–Crippen MR) is 63.6 cm³/mol. The number of aromatic nitrogens is 2. The molecule has 0 amide bonds. The Morgan fingerprint density at radius 1 is 1.50 bits per heavy atom. The van der Waals surface area contributed by atoms with E-state index in [-0.39, 0.29) is 5.60 Å². The summed E-state index contributed by atoms with van der Waals surface area (Å²) in [5, 5.41) is 0. The number of halogens is 1. The van der Waals surface area contributed by atoms with Gasteiger partial charge in [0.05, 0.1) is 35.0 Å². The van der Waals surface area contributed by atoms with Crippen molar-refractivity contribution in [2.75, 3.05) is 13.2 Å². The third kappa shape index (κ3) is 1.60. The first-order valence-electron chi connectivity index (χ1n) is 5.06. The third-order valence-electron chi connectivity index (χ3n) is 2.65. The predicted octanol–water partition coefficient (Wildman–Crippen LogP) is 2.49. The number of hydrogen-bond donors (Lipinski definition) is 1. The van der Waals surface area contributed by atoms with Crippen molar-refractivity contribution in [2.45, 2.75) is 12.5 Å². The maximum atomic E-state index is 5.93. The SMILES string of the molecule is CC1(Oc2cc3[nH]cnc3cc2Br)COC1. The number of nitrogens with zero attached hydrogens (tertiary/aromatic N) is 1. The van der Waals surface area contributed by atoms with Crippen molar-refractivity contribution in [3.63, 3.8) is 0 Å². The molecule has 1 aromatic carbocycles. The topological polar surface area (TPSA) is 47.1 Å². The van der Waals surface area contributed by atoms with Gasteiger partial charge in [-0.1, -0.05) is 0 Å². The summed E-state index contributed by atoms with van der Waals surface area (Å²) in [7, 11) is 0. The summed E-state index contributed by atoms with van der Waals surface area (Å²) >= 11 is 3.49. The van der Waals surface area contributed by atoms with Gasteiger partial charge in [-0.05, 0) is 28.9 Å². The van der Waals surface area contributed by atoms with Crippen molar-refractivity contribution >= 4 is 27.0 Å². The van der Waals surface area contributed by atoms with Crippen molar-refractivity contribution in [3.8, 4) is 5.75 Å². The molecule has 1 fully saturated rings. The Balaban J connectivity index is 1.98. The van der Waals surface area contributed by atoms with Gasteiger partial charge in [0, 0.05) is 6.07 Å². The number of hydrogen-bond acceptors (Lipinski definition) is 3. The molecule has 0 spiro atoms. The number of H-pyrrole nitrogens is 1. The second-order valence-electron chi connectivity index (χ2n) is 4.25. The zero-order chi connectivity index (χ0) is 11.2. The molecular formula is C11H11BrN2O2. The fourth-order valence-electron chi connectivity index (χ4n) is 1.73. The Bertz CT molecular complexity index is 534. The Hall–Kier alpha value is -1.07. The van der Waals surface area contributed by atoms with Gasteiger partial charge in [-0.15, -0.1) is 0 Å². The molecule has 2 aromatic rings. The molecule has 1 aromatic heterocycles. The second kappa shape index (κ2) is 3.46. The molecule has 1 aliphatic rings. The van der Waals surface area contributed by atoms with Crippen molar-refractivity contribution in [2.24, 2.45) is 0 Å². The van der Waals surface area contributed by atoms with Gasteiger partial charge in [0.1, 0.15) is 5.75 Å². The van der Waals surface area contributed by atoms with E-state index < -0.39 is 0 Å². The van der Waals surface area contributed by atoms with Gasteiger partial charge >= 0.3 is 0 Å². The van der Waals surface area contributed by atoms with Crippen LogP contribution >= 0.6 is 15.9 Å². The van der Waals surface area contributed by atoms with Crippen LogP contribution in [-0.4, -0.2) is 28.8 Å². The standard InChI is InChI=1S/C11H11BrN2O2/c1-11(4-15-5-11)16-10-3-9-8(2-7(10)12)13-6-14-9/h2-3,6H,4-5H2,1H3,(H,13,14). The molecule has 1 saturated heterocycles. The van der Waals surface area contributed by atoms with Crippen molar-refractivity contribution in [3.05, 3.63) is 22.9 Å². The van der Waals surface area contributed by atoms with Crippen LogP contribution in [0.5, 0.6) is 5.75 Å². The second-order valence-corrected chi connectivity index (χ2v) is 5.10. The molecule has 0 atom stereocenters. The van der Waals surface area contributed by atoms with E-state index >= 15 is 0 Å². The van der Waals surface area contributed by atoms with Crippen LogP contribution in [0.15, 0.2) is 22.9 Å². The van der Waals surface area contributed by atoms with Crippen LogP contribution in [0.2, 0.25) is 0 Å². The van der Waals surface area contributed by atoms with Gasteiger partial charge in [0.25, 0.3) is 0 Å².